The van der Waals surface area contributed by atoms with Gasteiger partial charge < -0.3 is 10.6 Å². The first-order valence-electron chi connectivity index (χ1n) is 9.43. The number of primary amides is 1. The van der Waals surface area contributed by atoms with Crippen LogP contribution in [0, 0.1) is 0 Å². The predicted octanol–water partition coefficient (Wildman–Crippen LogP) is -0.921. The Kier molecular flexibility index (Phi) is 4.93. The largest absolute Gasteiger partial charge is 0.369 e. The van der Waals surface area contributed by atoms with Crippen molar-refractivity contribution >= 4 is 23.0 Å². The van der Waals surface area contributed by atoms with Crippen molar-refractivity contribution in [1.29, 1.82) is 0 Å². The molecule has 3 aromatic rings. The number of hydrogen-bond acceptors (Lipinski definition) is 6. The van der Waals surface area contributed by atoms with E-state index >= 15 is 0 Å². The van der Waals surface area contributed by atoms with Crippen LogP contribution < -0.4 is 21.9 Å². The summed E-state index contributed by atoms with van der Waals surface area (Å²) in [7, 11) is 1.59. The molecule has 0 radical (unpaired) electrons. The molecule has 1 aliphatic heterocycles. The summed E-state index contributed by atoms with van der Waals surface area (Å²) >= 11 is 0. The third-order valence-electron chi connectivity index (χ3n) is 5.21. The van der Waals surface area contributed by atoms with Gasteiger partial charge in [-0.1, -0.05) is 30.3 Å². The number of aromatic amines is 1. The van der Waals surface area contributed by atoms with Gasteiger partial charge in [-0.25, -0.2) is 4.79 Å². The number of benzene rings is 1. The van der Waals surface area contributed by atoms with Crippen molar-refractivity contribution in [3.63, 3.8) is 0 Å². The first-order chi connectivity index (χ1) is 13.9. The lowest BCUT2D eigenvalue weighted by molar-refractivity contribution is -0.119. The standard InChI is InChI=1S/C19H23N7O3/c1-23-16-15(17(28)22-19(23)29)26(11-13-5-3-2-4-6-13)18(21-16)25-9-7-24(8-10-25)12-14(20)27/h2-6H,7-12H2,1H3,(H2,20,27)(H,22,28,29). The second-order valence-corrected chi connectivity index (χ2v) is 7.20. The van der Waals surface area contributed by atoms with Gasteiger partial charge in [-0.2, -0.15) is 4.98 Å². The Labute approximate surface area is 166 Å². The van der Waals surface area contributed by atoms with Gasteiger partial charge in [0.25, 0.3) is 5.56 Å². The number of carbonyl (C=O) groups is 1. The minimum atomic E-state index is -0.496. The number of carbonyl (C=O) groups excluding carboxylic acids is 1. The van der Waals surface area contributed by atoms with Crippen molar-refractivity contribution in [2.24, 2.45) is 12.8 Å². The van der Waals surface area contributed by atoms with Gasteiger partial charge in [-0.3, -0.25) is 28.6 Å². The Morgan fingerprint density at radius 2 is 1.83 bits per heavy atom. The van der Waals surface area contributed by atoms with Crippen LogP contribution >= 0.6 is 0 Å². The highest BCUT2D eigenvalue weighted by molar-refractivity contribution is 5.76. The van der Waals surface area contributed by atoms with E-state index in [4.69, 9.17) is 5.73 Å². The van der Waals surface area contributed by atoms with Gasteiger partial charge in [-0.15, -0.1) is 0 Å². The lowest BCUT2D eigenvalue weighted by atomic mass is 10.2. The zero-order chi connectivity index (χ0) is 20.5. The molecule has 0 unspecified atom stereocenters. The molecule has 0 bridgehead atoms. The Morgan fingerprint density at radius 1 is 1.14 bits per heavy atom. The fraction of sp³-hybridized carbons (Fsp3) is 0.368. The molecular weight excluding hydrogens is 374 g/mol. The third kappa shape index (κ3) is 3.66. The fourth-order valence-corrected chi connectivity index (χ4v) is 3.71. The predicted molar refractivity (Wildman–Crippen MR) is 109 cm³/mol. The van der Waals surface area contributed by atoms with Crippen LogP contribution in [0.1, 0.15) is 5.56 Å². The number of hydrogen-bond donors (Lipinski definition) is 2. The van der Waals surface area contributed by atoms with E-state index in [2.05, 4.69) is 14.9 Å². The molecule has 2 aromatic heterocycles. The summed E-state index contributed by atoms with van der Waals surface area (Å²) in [6.45, 7) is 3.27. The number of fused-ring (bicyclic) bond motifs is 1. The molecule has 3 N–H and O–H groups in total. The minimum Gasteiger partial charge on any atom is -0.369 e. The summed E-state index contributed by atoms with van der Waals surface area (Å²) in [6.07, 6.45) is 0. The lowest BCUT2D eigenvalue weighted by Crippen LogP contribution is -2.49. The number of H-pyrrole nitrogens is 1. The maximum atomic E-state index is 12.6. The van der Waals surface area contributed by atoms with Crippen LogP contribution in [0.5, 0.6) is 0 Å². The molecule has 1 amide bonds. The van der Waals surface area contributed by atoms with Crippen molar-refractivity contribution in [1.82, 2.24) is 24.0 Å². The van der Waals surface area contributed by atoms with Gasteiger partial charge in [0.15, 0.2) is 11.2 Å². The summed E-state index contributed by atoms with van der Waals surface area (Å²) < 4.78 is 3.21. The molecule has 1 aliphatic rings. The Bertz CT molecular complexity index is 1150. The van der Waals surface area contributed by atoms with E-state index < -0.39 is 11.2 Å². The molecular formula is C19H23N7O3. The maximum Gasteiger partial charge on any atom is 0.329 e. The molecule has 152 valence electrons. The van der Waals surface area contributed by atoms with Crippen LogP contribution in [0.25, 0.3) is 11.2 Å². The van der Waals surface area contributed by atoms with Crippen LogP contribution in [0.3, 0.4) is 0 Å². The third-order valence-corrected chi connectivity index (χ3v) is 5.21. The number of aromatic nitrogens is 4. The average molecular weight is 397 g/mol. The number of piperazine rings is 1. The van der Waals surface area contributed by atoms with Gasteiger partial charge in [-0.05, 0) is 5.56 Å². The number of nitrogens with one attached hydrogen (secondary N) is 1. The van der Waals surface area contributed by atoms with Crippen molar-refractivity contribution in [2.75, 3.05) is 37.6 Å². The number of amides is 1. The highest BCUT2D eigenvalue weighted by atomic mass is 16.2. The summed E-state index contributed by atoms with van der Waals surface area (Å²) in [5, 5.41) is 0. The number of imidazole rings is 1. The van der Waals surface area contributed by atoms with E-state index in [1.54, 1.807) is 7.05 Å². The molecule has 4 rings (SSSR count). The molecule has 1 saturated heterocycles. The Balaban J connectivity index is 1.77. The smallest absolute Gasteiger partial charge is 0.329 e. The van der Waals surface area contributed by atoms with E-state index in [-0.39, 0.29) is 12.5 Å². The highest BCUT2D eigenvalue weighted by Crippen LogP contribution is 2.22. The fourth-order valence-electron chi connectivity index (χ4n) is 3.71. The number of nitrogens with zero attached hydrogens (tertiary/aromatic N) is 5. The second kappa shape index (κ2) is 7.55. The number of anilines is 1. The molecule has 10 heteroatoms. The number of nitrogens with two attached hydrogens (primary N) is 1. The number of aryl methyl sites for hydroxylation is 1. The van der Waals surface area contributed by atoms with Crippen LogP contribution in [-0.4, -0.2) is 62.6 Å². The van der Waals surface area contributed by atoms with Crippen molar-refractivity contribution in [3.05, 3.63) is 56.7 Å². The molecule has 10 nitrogen and oxygen atoms in total. The molecule has 1 aromatic carbocycles. The zero-order valence-electron chi connectivity index (χ0n) is 16.2. The molecule has 29 heavy (non-hydrogen) atoms. The van der Waals surface area contributed by atoms with Crippen LogP contribution in [0.4, 0.5) is 5.95 Å². The van der Waals surface area contributed by atoms with E-state index in [0.29, 0.717) is 49.8 Å². The zero-order valence-corrected chi connectivity index (χ0v) is 16.2. The number of rotatable bonds is 5. The summed E-state index contributed by atoms with van der Waals surface area (Å²) in [5.41, 5.74) is 6.09. The molecule has 0 atom stereocenters. The molecule has 3 heterocycles. The van der Waals surface area contributed by atoms with E-state index in [9.17, 15) is 14.4 Å². The lowest BCUT2D eigenvalue weighted by Gasteiger charge is -2.34. The van der Waals surface area contributed by atoms with E-state index in [1.165, 1.54) is 4.57 Å². The first-order valence-corrected chi connectivity index (χ1v) is 9.43. The highest BCUT2D eigenvalue weighted by Gasteiger charge is 2.25. The van der Waals surface area contributed by atoms with Gasteiger partial charge in [0.1, 0.15) is 0 Å². The van der Waals surface area contributed by atoms with Crippen LogP contribution in [-0.2, 0) is 18.4 Å². The normalized spacial score (nSPS) is 15.1. The summed E-state index contributed by atoms with van der Waals surface area (Å²) in [4.78, 5) is 46.9. The van der Waals surface area contributed by atoms with Gasteiger partial charge >= 0.3 is 5.69 Å². The molecule has 0 spiro atoms. The van der Waals surface area contributed by atoms with E-state index in [1.807, 2.05) is 39.8 Å². The van der Waals surface area contributed by atoms with Gasteiger partial charge in [0, 0.05) is 33.2 Å². The summed E-state index contributed by atoms with van der Waals surface area (Å²) in [5.74, 6) is 0.283. The molecule has 1 fully saturated rings. The van der Waals surface area contributed by atoms with E-state index in [0.717, 1.165) is 5.56 Å². The topological polar surface area (TPSA) is 122 Å². The quantitative estimate of drug-likeness (QED) is 0.574. The van der Waals surface area contributed by atoms with Crippen LogP contribution in [0.2, 0.25) is 0 Å². The van der Waals surface area contributed by atoms with Crippen molar-refractivity contribution in [3.8, 4) is 0 Å². The van der Waals surface area contributed by atoms with Gasteiger partial charge in [0.2, 0.25) is 11.9 Å². The SMILES string of the molecule is Cn1c(=O)[nH]c(=O)c2c1nc(N1CCN(CC(N)=O)CC1)n2Cc1ccccc1. The second-order valence-electron chi connectivity index (χ2n) is 7.20. The van der Waals surface area contributed by atoms with Gasteiger partial charge in [0.05, 0.1) is 13.1 Å². The maximum absolute atomic E-state index is 12.6. The average Bonchev–Trinajstić information content (AvgIpc) is 3.07. The van der Waals surface area contributed by atoms with Crippen molar-refractivity contribution in [2.45, 2.75) is 6.54 Å². The van der Waals surface area contributed by atoms with Crippen LogP contribution in [0.15, 0.2) is 39.9 Å². The molecule has 0 saturated carbocycles. The first kappa shape index (κ1) is 18.9. The Hall–Kier alpha value is -3.40. The monoisotopic (exact) mass is 397 g/mol. The Morgan fingerprint density at radius 3 is 2.48 bits per heavy atom. The molecule has 0 aliphatic carbocycles. The minimum absolute atomic E-state index is 0.225. The van der Waals surface area contributed by atoms with Crippen molar-refractivity contribution < 1.29 is 4.79 Å². The summed E-state index contributed by atoms with van der Waals surface area (Å²) in [6, 6.07) is 9.78.